The van der Waals surface area contributed by atoms with Crippen LogP contribution in [-0.4, -0.2) is 46.8 Å². The Balaban J connectivity index is 1.81. The van der Waals surface area contributed by atoms with E-state index in [9.17, 15) is 9.59 Å². The quantitative estimate of drug-likeness (QED) is 0.805. The molecule has 6 heteroatoms. The highest BCUT2D eigenvalue weighted by atomic mass is 16.5. The van der Waals surface area contributed by atoms with Crippen LogP contribution in [0.4, 0.5) is 0 Å². The van der Waals surface area contributed by atoms with E-state index < -0.39 is 5.41 Å². The van der Waals surface area contributed by atoms with E-state index in [2.05, 4.69) is 5.10 Å². The lowest BCUT2D eigenvalue weighted by molar-refractivity contribution is -0.150. The molecule has 1 aliphatic heterocycles. The fourth-order valence-corrected chi connectivity index (χ4v) is 3.24. The molecule has 1 aliphatic rings. The van der Waals surface area contributed by atoms with Crippen LogP contribution in [0.25, 0.3) is 5.69 Å². The highest BCUT2D eigenvalue weighted by Crippen LogP contribution is 2.32. The van der Waals surface area contributed by atoms with Crippen LogP contribution in [0, 0.1) is 19.3 Å². The number of benzene rings is 1. The summed E-state index contributed by atoms with van der Waals surface area (Å²) in [6, 6.07) is 9.78. The molecule has 0 aliphatic carbocycles. The van der Waals surface area contributed by atoms with Gasteiger partial charge in [0, 0.05) is 18.8 Å². The number of esters is 1. The van der Waals surface area contributed by atoms with Gasteiger partial charge in [-0.3, -0.25) is 9.59 Å². The molecule has 0 N–H and O–H groups in total. The van der Waals surface area contributed by atoms with Crippen LogP contribution < -0.4 is 0 Å². The average molecular weight is 341 g/mol. The zero-order valence-electron chi connectivity index (χ0n) is 15.1. The number of nitrogens with zero attached hydrogens (tertiary/aromatic N) is 3. The number of ether oxygens (including phenoxy) is 1. The molecule has 0 unspecified atom stereocenters. The predicted molar refractivity (Wildman–Crippen MR) is 93.7 cm³/mol. The average Bonchev–Trinajstić information content (AvgIpc) is 3.18. The molecule has 1 saturated heterocycles. The number of hydrogen-bond donors (Lipinski definition) is 0. The minimum atomic E-state index is -0.640. The van der Waals surface area contributed by atoms with E-state index >= 15 is 0 Å². The molecule has 6 nitrogen and oxygen atoms in total. The molecule has 0 radical (unpaired) electrons. The van der Waals surface area contributed by atoms with Crippen molar-refractivity contribution in [2.45, 2.75) is 27.2 Å². The summed E-state index contributed by atoms with van der Waals surface area (Å²) in [6.45, 7) is 6.67. The first-order valence-corrected chi connectivity index (χ1v) is 8.35. The summed E-state index contributed by atoms with van der Waals surface area (Å²) >= 11 is 0. The monoisotopic (exact) mass is 341 g/mol. The fourth-order valence-electron chi connectivity index (χ4n) is 3.24. The molecule has 1 fully saturated rings. The second-order valence-corrected chi connectivity index (χ2v) is 6.95. The van der Waals surface area contributed by atoms with Crippen molar-refractivity contribution in [3.05, 3.63) is 47.3 Å². The van der Waals surface area contributed by atoms with Gasteiger partial charge in [0.2, 0.25) is 0 Å². The first kappa shape index (κ1) is 17.2. The van der Waals surface area contributed by atoms with Crippen molar-refractivity contribution >= 4 is 11.9 Å². The second-order valence-electron chi connectivity index (χ2n) is 6.95. The van der Waals surface area contributed by atoms with Crippen molar-refractivity contribution in [1.29, 1.82) is 0 Å². The van der Waals surface area contributed by atoms with Crippen molar-refractivity contribution in [1.82, 2.24) is 14.7 Å². The number of methoxy groups -OCH3 is 1. The lowest BCUT2D eigenvalue weighted by atomic mass is 9.90. The minimum absolute atomic E-state index is 0.151. The molecule has 3 rings (SSSR count). The Hall–Kier alpha value is -2.63. The lowest BCUT2D eigenvalue weighted by Gasteiger charge is -2.21. The maximum atomic E-state index is 12.8. The zero-order chi connectivity index (χ0) is 18.2. The predicted octanol–water partition coefficient (Wildman–Crippen LogP) is 2.51. The molecular formula is C19H23N3O3. The molecule has 132 valence electrons. The molecule has 1 aromatic heterocycles. The van der Waals surface area contributed by atoms with Crippen molar-refractivity contribution < 1.29 is 14.3 Å². The number of likely N-dealkylation sites (tertiary alicyclic amines) is 1. The Morgan fingerprint density at radius 3 is 2.52 bits per heavy atom. The number of carbonyl (C=O) groups is 2. The third kappa shape index (κ3) is 3.16. The van der Waals surface area contributed by atoms with Gasteiger partial charge in [-0.1, -0.05) is 17.7 Å². The summed E-state index contributed by atoms with van der Waals surface area (Å²) < 4.78 is 6.63. The van der Waals surface area contributed by atoms with E-state index in [-0.39, 0.29) is 11.9 Å². The topological polar surface area (TPSA) is 64.4 Å². The van der Waals surface area contributed by atoms with Gasteiger partial charge in [0.15, 0.2) is 5.69 Å². The van der Waals surface area contributed by atoms with Gasteiger partial charge in [-0.2, -0.15) is 5.10 Å². The zero-order valence-corrected chi connectivity index (χ0v) is 15.1. The lowest BCUT2D eigenvalue weighted by Crippen LogP contribution is -2.35. The molecule has 2 heterocycles. The van der Waals surface area contributed by atoms with Gasteiger partial charge in [0.25, 0.3) is 5.91 Å². The third-order valence-corrected chi connectivity index (χ3v) is 4.82. The third-order valence-electron chi connectivity index (χ3n) is 4.82. The highest BCUT2D eigenvalue weighted by molar-refractivity contribution is 5.93. The Labute approximate surface area is 147 Å². The number of carbonyl (C=O) groups excluding carboxylic acids is 2. The van der Waals surface area contributed by atoms with E-state index in [0.717, 1.165) is 11.4 Å². The summed E-state index contributed by atoms with van der Waals surface area (Å²) in [7, 11) is 1.38. The molecule has 0 saturated carbocycles. The summed E-state index contributed by atoms with van der Waals surface area (Å²) in [4.78, 5) is 26.4. The van der Waals surface area contributed by atoms with Gasteiger partial charge < -0.3 is 9.64 Å². The Morgan fingerprint density at radius 2 is 1.88 bits per heavy atom. The smallest absolute Gasteiger partial charge is 0.313 e. The molecule has 1 amide bonds. The van der Waals surface area contributed by atoms with Crippen molar-refractivity contribution in [2.75, 3.05) is 20.2 Å². The molecule has 2 aromatic rings. The number of rotatable bonds is 3. The molecule has 0 bridgehead atoms. The number of aromatic nitrogens is 2. The molecule has 1 atom stereocenters. The van der Waals surface area contributed by atoms with Crippen LogP contribution in [0.5, 0.6) is 0 Å². The van der Waals surface area contributed by atoms with Gasteiger partial charge in [-0.25, -0.2) is 4.68 Å². The maximum Gasteiger partial charge on any atom is 0.313 e. The standard InChI is InChI=1S/C19H23N3O3/c1-13-5-7-15(8-6-13)22-14(2)11-16(20-22)17(23)21-10-9-19(3,12-21)18(24)25-4/h5-8,11H,9-10,12H2,1-4H3/t19-/m0/s1. The molecule has 0 spiro atoms. The normalized spacial score (nSPS) is 19.9. The molecule has 25 heavy (non-hydrogen) atoms. The summed E-state index contributed by atoms with van der Waals surface area (Å²) in [6.07, 6.45) is 0.600. The fraction of sp³-hybridized carbons (Fsp3) is 0.421. The van der Waals surface area contributed by atoms with Crippen molar-refractivity contribution in [3.63, 3.8) is 0 Å². The highest BCUT2D eigenvalue weighted by Gasteiger charge is 2.43. The minimum Gasteiger partial charge on any atom is -0.469 e. The number of aryl methyl sites for hydroxylation is 2. The largest absolute Gasteiger partial charge is 0.469 e. The summed E-state index contributed by atoms with van der Waals surface area (Å²) in [5.74, 6) is -0.425. The molecule has 1 aromatic carbocycles. The van der Waals surface area contributed by atoms with Gasteiger partial charge in [-0.15, -0.1) is 0 Å². The Bertz CT molecular complexity index is 810. The van der Waals surface area contributed by atoms with E-state index in [0.29, 0.717) is 25.2 Å². The van der Waals surface area contributed by atoms with Crippen LogP contribution in [0.2, 0.25) is 0 Å². The van der Waals surface area contributed by atoms with E-state index in [1.54, 1.807) is 15.6 Å². The van der Waals surface area contributed by atoms with Gasteiger partial charge in [0.05, 0.1) is 18.2 Å². The number of hydrogen-bond acceptors (Lipinski definition) is 4. The Morgan fingerprint density at radius 1 is 1.20 bits per heavy atom. The first-order valence-electron chi connectivity index (χ1n) is 8.35. The van der Waals surface area contributed by atoms with Crippen LogP contribution in [0.1, 0.15) is 35.1 Å². The van der Waals surface area contributed by atoms with Crippen LogP contribution in [0.15, 0.2) is 30.3 Å². The van der Waals surface area contributed by atoms with Crippen molar-refractivity contribution in [3.8, 4) is 5.69 Å². The number of amides is 1. The van der Waals surface area contributed by atoms with E-state index in [4.69, 9.17) is 4.74 Å². The Kier molecular flexibility index (Phi) is 4.37. The van der Waals surface area contributed by atoms with E-state index in [1.807, 2.05) is 45.0 Å². The van der Waals surface area contributed by atoms with Crippen LogP contribution in [0.3, 0.4) is 0 Å². The SMILES string of the molecule is COC(=O)[C@@]1(C)CCN(C(=O)c2cc(C)n(-c3ccc(C)cc3)n2)C1. The summed E-state index contributed by atoms with van der Waals surface area (Å²) in [5, 5.41) is 4.48. The molecular weight excluding hydrogens is 318 g/mol. The van der Waals surface area contributed by atoms with Crippen LogP contribution in [-0.2, 0) is 9.53 Å². The maximum absolute atomic E-state index is 12.8. The van der Waals surface area contributed by atoms with Gasteiger partial charge >= 0.3 is 5.97 Å². The van der Waals surface area contributed by atoms with Crippen LogP contribution >= 0.6 is 0 Å². The summed E-state index contributed by atoms with van der Waals surface area (Å²) in [5.41, 5.74) is 2.74. The van der Waals surface area contributed by atoms with E-state index in [1.165, 1.54) is 12.7 Å². The van der Waals surface area contributed by atoms with Crippen molar-refractivity contribution in [2.24, 2.45) is 5.41 Å². The first-order chi connectivity index (χ1) is 11.8. The second kappa shape index (κ2) is 6.35. The van der Waals surface area contributed by atoms with Gasteiger partial charge in [-0.05, 0) is 45.4 Å². The van der Waals surface area contributed by atoms with Gasteiger partial charge in [0.1, 0.15) is 0 Å².